The summed E-state index contributed by atoms with van der Waals surface area (Å²) in [5, 5.41) is 17.8. The van der Waals surface area contributed by atoms with Gasteiger partial charge in [-0.25, -0.2) is 0 Å². The topological polar surface area (TPSA) is 40.5 Å². The molecule has 0 bridgehead atoms. The predicted octanol–water partition coefficient (Wildman–Crippen LogP) is 1.75. The summed E-state index contributed by atoms with van der Waals surface area (Å²) in [7, 11) is 0. The molecule has 0 radical (unpaired) electrons. The van der Waals surface area contributed by atoms with Gasteiger partial charge in [-0.15, -0.1) is 0 Å². The Balaban J connectivity index is 3.83. The van der Waals surface area contributed by atoms with Crippen molar-refractivity contribution in [3.63, 3.8) is 0 Å². The van der Waals surface area contributed by atoms with Crippen molar-refractivity contribution in [2.24, 2.45) is 11.8 Å². The molecule has 3 unspecified atom stereocenters. The van der Waals surface area contributed by atoms with Crippen LogP contribution in [0.3, 0.4) is 0 Å². The third-order valence-corrected chi connectivity index (χ3v) is 2.21. The highest BCUT2D eigenvalue weighted by Crippen LogP contribution is 2.14. The minimum atomic E-state index is -0.417. The SMILES string of the molecule is CCC(C)CC(O)C(C)C#CO. The van der Waals surface area contributed by atoms with E-state index in [1.807, 2.05) is 13.0 Å². The lowest BCUT2D eigenvalue weighted by Crippen LogP contribution is -2.19. The zero-order valence-corrected chi connectivity index (χ0v) is 8.04. The van der Waals surface area contributed by atoms with Crippen LogP contribution in [0.5, 0.6) is 0 Å². The summed E-state index contributed by atoms with van der Waals surface area (Å²) in [5.74, 6) is 2.91. The van der Waals surface area contributed by atoms with Gasteiger partial charge in [-0.1, -0.05) is 26.2 Å². The van der Waals surface area contributed by atoms with Gasteiger partial charge in [0.25, 0.3) is 0 Å². The van der Waals surface area contributed by atoms with Crippen LogP contribution < -0.4 is 0 Å². The van der Waals surface area contributed by atoms with Gasteiger partial charge in [0.05, 0.1) is 6.10 Å². The van der Waals surface area contributed by atoms with E-state index in [2.05, 4.69) is 19.8 Å². The lowest BCUT2D eigenvalue weighted by atomic mass is 9.94. The van der Waals surface area contributed by atoms with Crippen LogP contribution >= 0.6 is 0 Å². The van der Waals surface area contributed by atoms with E-state index in [0.29, 0.717) is 5.92 Å². The molecule has 0 aromatic rings. The van der Waals surface area contributed by atoms with Crippen LogP contribution in [-0.2, 0) is 0 Å². The first kappa shape index (κ1) is 11.3. The van der Waals surface area contributed by atoms with Crippen LogP contribution in [0.15, 0.2) is 0 Å². The molecule has 2 heteroatoms. The Morgan fingerprint density at radius 2 is 1.92 bits per heavy atom. The van der Waals surface area contributed by atoms with Gasteiger partial charge in [0, 0.05) is 5.92 Å². The van der Waals surface area contributed by atoms with Crippen molar-refractivity contribution in [3.05, 3.63) is 0 Å². The number of aliphatic hydroxyl groups excluding tert-OH is 2. The molecule has 3 atom stereocenters. The molecular formula is C10H18O2. The molecule has 0 saturated heterocycles. The summed E-state index contributed by atoms with van der Waals surface area (Å²) < 4.78 is 0. The number of hydrogen-bond acceptors (Lipinski definition) is 2. The van der Waals surface area contributed by atoms with Gasteiger partial charge in [0.1, 0.15) is 6.11 Å². The number of rotatable bonds is 4. The van der Waals surface area contributed by atoms with Crippen molar-refractivity contribution in [1.29, 1.82) is 0 Å². The second kappa shape index (κ2) is 5.91. The van der Waals surface area contributed by atoms with Gasteiger partial charge >= 0.3 is 0 Å². The average Bonchev–Trinajstić information content (AvgIpc) is 2.04. The first-order chi connectivity index (χ1) is 5.61. The highest BCUT2D eigenvalue weighted by Gasteiger charge is 2.14. The monoisotopic (exact) mass is 170 g/mol. The normalized spacial score (nSPS) is 17.3. The van der Waals surface area contributed by atoms with E-state index < -0.39 is 6.10 Å². The van der Waals surface area contributed by atoms with Crippen molar-refractivity contribution in [3.8, 4) is 12.0 Å². The molecule has 2 nitrogen and oxygen atoms in total. The molecule has 12 heavy (non-hydrogen) atoms. The third-order valence-electron chi connectivity index (χ3n) is 2.21. The third kappa shape index (κ3) is 4.25. The minimum Gasteiger partial charge on any atom is -0.462 e. The standard InChI is InChI=1S/C10H18O2/c1-4-8(2)7-10(12)9(3)5-6-11/h8-12H,4,7H2,1-3H3. The second-order valence-corrected chi connectivity index (χ2v) is 3.36. The van der Waals surface area contributed by atoms with Crippen molar-refractivity contribution in [1.82, 2.24) is 0 Å². The quantitative estimate of drug-likeness (QED) is 0.631. The van der Waals surface area contributed by atoms with Gasteiger partial charge in [0.15, 0.2) is 0 Å². The molecule has 0 aliphatic heterocycles. The Labute approximate surface area is 74.6 Å². The Morgan fingerprint density at radius 1 is 1.33 bits per heavy atom. The molecular weight excluding hydrogens is 152 g/mol. The van der Waals surface area contributed by atoms with E-state index in [4.69, 9.17) is 5.11 Å². The Hall–Kier alpha value is -0.680. The molecule has 70 valence electrons. The smallest absolute Gasteiger partial charge is 0.107 e. The van der Waals surface area contributed by atoms with Crippen molar-refractivity contribution in [2.45, 2.75) is 39.7 Å². The van der Waals surface area contributed by atoms with Crippen molar-refractivity contribution >= 4 is 0 Å². The zero-order valence-electron chi connectivity index (χ0n) is 8.04. The first-order valence-corrected chi connectivity index (χ1v) is 4.44. The largest absolute Gasteiger partial charge is 0.462 e. The van der Waals surface area contributed by atoms with Gasteiger partial charge < -0.3 is 10.2 Å². The summed E-state index contributed by atoms with van der Waals surface area (Å²) in [6.07, 6.45) is 3.23. The molecule has 0 rings (SSSR count). The maximum absolute atomic E-state index is 9.54. The summed E-state index contributed by atoms with van der Waals surface area (Å²) >= 11 is 0. The van der Waals surface area contributed by atoms with Crippen LogP contribution in [0.25, 0.3) is 0 Å². The fraction of sp³-hybridized carbons (Fsp3) is 0.800. The maximum atomic E-state index is 9.54. The maximum Gasteiger partial charge on any atom is 0.107 e. The van der Waals surface area contributed by atoms with Gasteiger partial charge in [-0.3, -0.25) is 0 Å². The fourth-order valence-corrected chi connectivity index (χ4v) is 0.981. The molecule has 0 aromatic heterocycles. The molecule has 0 aromatic carbocycles. The van der Waals surface area contributed by atoms with Crippen LogP contribution in [0, 0.1) is 23.9 Å². The molecule has 0 heterocycles. The molecule has 0 spiro atoms. The Morgan fingerprint density at radius 3 is 2.33 bits per heavy atom. The summed E-state index contributed by atoms with van der Waals surface area (Å²) in [4.78, 5) is 0. The van der Waals surface area contributed by atoms with E-state index in [1.165, 1.54) is 0 Å². The summed E-state index contributed by atoms with van der Waals surface area (Å²) in [6, 6.07) is 0. The van der Waals surface area contributed by atoms with E-state index in [9.17, 15) is 5.11 Å². The summed E-state index contributed by atoms with van der Waals surface area (Å²) in [5.41, 5.74) is 0. The molecule has 0 amide bonds. The highest BCUT2D eigenvalue weighted by molar-refractivity contribution is 4.98. The highest BCUT2D eigenvalue weighted by atomic mass is 16.3. The first-order valence-electron chi connectivity index (χ1n) is 4.44. The zero-order chi connectivity index (χ0) is 9.56. The fourth-order valence-electron chi connectivity index (χ4n) is 0.981. The Bertz CT molecular complexity index is 166. The number of hydrogen-bond donors (Lipinski definition) is 2. The van der Waals surface area contributed by atoms with Gasteiger partial charge in [-0.05, 0) is 19.3 Å². The lowest BCUT2D eigenvalue weighted by Gasteiger charge is -2.16. The average molecular weight is 170 g/mol. The summed E-state index contributed by atoms with van der Waals surface area (Å²) in [6.45, 7) is 6.01. The van der Waals surface area contributed by atoms with E-state index in [1.54, 1.807) is 0 Å². The number of aliphatic hydroxyl groups is 2. The van der Waals surface area contributed by atoms with Crippen LogP contribution in [-0.4, -0.2) is 16.3 Å². The molecule has 0 aliphatic rings. The van der Waals surface area contributed by atoms with Crippen LogP contribution in [0.4, 0.5) is 0 Å². The molecule has 0 saturated carbocycles. The lowest BCUT2D eigenvalue weighted by molar-refractivity contribution is 0.114. The van der Waals surface area contributed by atoms with Gasteiger partial charge in [-0.2, -0.15) is 0 Å². The molecule has 2 N–H and O–H groups in total. The Kier molecular flexibility index (Phi) is 5.57. The van der Waals surface area contributed by atoms with Crippen LogP contribution in [0.1, 0.15) is 33.6 Å². The predicted molar refractivity (Wildman–Crippen MR) is 49.0 cm³/mol. The van der Waals surface area contributed by atoms with E-state index in [-0.39, 0.29) is 5.92 Å². The van der Waals surface area contributed by atoms with Crippen molar-refractivity contribution < 1.29 is 10.2 Å². The van der Waals surface area contributed by atoms with Crippen LogP contribution in [0.2, 0.25) is 0 Å². The van der Waals surface area contributed by atoms with Gasteiger partial charge in [0.2, 0.25) is 0 Å². The minimum absolute atomic E-state index is 0.135. The van der Waals surface area contributed by atoms with Crippen molar-refractivity contribution in [2.75, 3.05) is 0 Å². The van der Waals surface area contributed by atoms with E-state index >= 15 is 0 Å². The van der Waals surface area contributed by atoms with E-state index in [0.717, 1.165) is 12.8 Å². The second-order valence-electron chi connectivity index (χ2n) is 3.36. The molecule has 0 aliphatic carbocycles. The molecule has 0 fully saturated rings.